The molecule has 114 valence electrons. The van der Waals surface area contributed by atoms with E-state index in [-0.39, 0.29) is 35.2 Å². The highest BCUT2D eigenvalue weighted by Gasteiger charge is 2.34. The number of Topliss-reactive ketones (excluding diaryl/α,β-unsaturated/α-hetero) is 1. The van der Waals surface area contributed by atoms with E-state index >= 15 is 0 Å². The summed E-state index contributed by atoms with van der Waals surface area (Å²) in [5.74, 6) is -0.368. The Labute approximate surface area is 121 Å². The summed E-state index contributed by atoms with van der Waals surface area (Å²) >= 11 is 0. The van der Waals surface area contributed by atoms with Crippen LogP contribution in [0.2, 0.25) is 0 Å². The number of ether oxygens (including phenoxy) is 1. The quantitative estimate of drug-likeness (QED) is 0.493. The Hall–Kier alpha value is -2.31. The van der Waals surface area contributed by atoms with Gasteiger partial charge < -0.3 is 15.0 Å². The Morgan fingerprint density at radius 3 is 2.52 bits per heavy atom. The van der Waals surface area contributed by atoms with Crippen LogP contribution in [0.4, 0.5) is 5.88 Å². The van der Waals surface area contributed by atoms with Gasteiger partial charge in [-0.3, -0.25) is 14.4 Å². The molecule has 1 unspecified atom stereocenters. The van der Waals surface area contributed by atoms with E-state index in [0.717, 1.165) is 25.7 Å². The van der Waals surface area contributed by atoms with E-state index in [2.05, 4.69) is 11.1 Å². The van der Waals surface area contributed by atoms with Gasteiger partial charge >= 0.3 is 5.97 Å². The number of carbonyl (C=O) groups excluding carboxylic acids is 2. The molecule has 3 N–H and O–H groups in total. The van der Waals surface area contributed by atoms with Crippen LogP contribution in [0.3, 0.4) is 0 Å². The minimum absolute atomic E-state index is 0.00833. The van der Waals surface area contributed by atoms with E-state index in [1.54, 1.807) is 6.08 Å². The molecule has 1 saturated carbocycles. The molecular weight excluding hydrogens is 276 g/mol. The average molecular weight is 294 g/mol. The van der Waals surface area contributed by atoms with Crippen molar-refractivity contribution in [2.45, 2.75) is 38.2 Å². The summed E-state index contributed by atoms with van der Waals surface area (Å²) in [4.78, 5) is 32.8. The van der Waals surface area contributed by atoms with Gasteiger partial charge in [-0.15, -0.1) is 6.58 Å². The number of cyclic esters (lactones) is 1. The second-order valence-electron chi connectivity index (χ2n) is 5.09. The number of nitrogen functional groups attached to an aromatic ring is 1. The Kier molecular flexibility index (Phi) is 4.62. The van der Waals surface area contributed by atoms with Crippen molar-refractivity contribution >= 4 is 17.6 Å². The molecule has 1 aromatic rings. The van der Waals surface area contributed by atoms with Gasteiger partial charge in [0.15, 0.2) is 5.78 Å². The largest absolute Gasteiger partial charge is 0.462 e. The monoisotopic (exact) mass is 294 g/mol. The number of rotatable bonds is 4. The Bertz CT molecular complexity index is 597. The summed E-state index contributed by atoms with van der Waals surface area (Å²) in [6.45, 7) is 3.56. The highest BCUT2D eigenvalue weighted by atomic mass is 16.5. The molecule has 3 rings (SSSR count). The van der Waals surface area contributed by atoms with Crippen molar-refractivity contribution in [2.75, 3.05) is 5.73 Å². The molecule has 2 fully saturated rings. The van der Waals surface area contributed by atoms with Gasteiger partial charge in [-0.1, -0.05) is 6.08 Å². The van der Waals surface area contributed by atoms with Crippen LogP contribution < -0.4 is 11.3 Å². The number of aromatic amines is 1. The van der Waals surface area contributed by atoms with E-state index in [9.17, 15) is 14.4 Å². The van der Waals surface area contributed by atoms with E-state index in [1.165, 1.54) is 0 Å². The molecule has 1 aromatic heterocycles. The molecule has 7 nitrogen and oxygen atoms in total. The van der Waals surface area contributed by atoms with Gasteiger partial charge in [0.1, 0.15) is 11.7 Å². The molecule has 0 radical (unpaired) electrons. The molecule has 0 amide bonds. The van der Waals surface area contributed by atoms with Crippen LogP contribution in [0.25, 0.3) is 0 Å². The normalized spacial score (nSPS) is 20.4. The van der Waals surface area contributed by atoms with E-state index < -0.39 is 5.56 Å². The lowest BCUT2D eigenvalue weighted by Gasteiger charge is -2.02. The number of esters is 1. The third-order valence-corrected chi connectivity index (χ3v) is 3.32. The number of nitrogens with two attached hydrogens (primary N) is 1. The molecular formula is C14H18N2O5. The van der Waals surface area contributed by atoms with Crippen molar-refractivity contribution in [3.63, 3.8) is 0 Å². The lowest BCUT2D eigenvalue weighted by atomic mass is 10.1. The molecule has 1 saturated heterocycles. The maximum absolute atomic E-state index is 11.3. The van der Waals surface area contributed by atoms with Crippen LogP contribution in [0.15, 0.2) is 22.0 Å². The number of hydrogen-bond donors (Lipinski definition) is 2. The maximum Gasteiger partial charge on any atom is 0.306 e. The van der Waals surface area contributed by atoms with Gasteiger partial charge in [0.25, 0.3) is 5.56 Å². The standard InChI is InChI=1S/C7H8N2O3.C7H10O2/c8-6-4(7(11)9-12-6)5(10)3-1-2-3;1-2-3-6-4-5-7(8)9-6/h3H,1-2,8H2,(H,9,11);2,6H,1,3-5H2. The number of H-pyrrole nitrogens is 1. The van der Waals surface area contributed by atoms with Gasteiger partial charge in [-0.2, -0.15) is 5.16 Å². The minimum Gasteiger partial charge on any atom is -0.462 e. The highest BCUT2D eigenvalue weighted by molar-refractivity contribution is 6.02. The summed E-state index contributed by atoms with van der Waals surface area (Å²) in [6.07, 6.45) is 5.85. The first-order valence-electron chi connectivity index (χ1n) is 6.84. The fourth-order valence-corrected chi connectivity index (χ4v) is 2.03. The molecule has 2 heterocycles. The molecule has 1 aliphatic carbocycles. The predicted octanol–water partition coefficient (Wildman–Crippen LogP) is 1.41. The van der Waals surface area contributed by atoms with Crippen LogP contribution >= 0.6 is 0 Å². The van der Waals surface area contributed by atoms with Gasteiger partial charge in [0, 0.05) is 18.8 Å². The van der Waals surface area contributed by atoms with Crippen LogP contribution in [-0.2, 0) is 9.53 Å². The van der Waals surface area contributed by atoms with Crippen LogP contribution in [0, 0.1) is 5.92 Å². The third-order valence-electron chi connectivity index (χ3n) is 3.32. The molecule has 1 aliphatic heterocycles. The van der Waals surface area contributed by atoms with Crippen molar-refractivity contribution in [3.8, 4) is 0 Å². The fraction of sp³-hybridized carbons (Fsp3) is 0.500. The van der Waals surface area contributed by atoms with Crippen LogP contribution in [0.5, 0.6) is 0 Å². The van der Waals surface area contributed by atoms with Crippen molar-refractivity contribution in [1.29, 1.82) is 0 Å². The SMILES string of the molecule is C=CCC1CCC(=O)O1.Nc1o[nH]c(=O)c1C(=O)C1CC1. The lowest BCUT2D eigenvalue weighted by Crippen LogP contribution is -2.15. The fourth-order valence-electron chi connectivity index (χ4n) is 2.03. The zero-order valence-corrected chi connectivity index (χ0v) is 11.6. The predicted molar refractivity (Wildman–Crippen MR) is 74.7 cm³/mol. The molecule has 0 bridgehead atoms. The number of anilines is 1. The van der Waals surface area contributed by atoms with Crippen molar-refractivity contribution in [2.24, 2.45) is 5.92 Å². The second-order valence-corrected chi connectivity index (χ2v) is 5.09. The van der Waals surface area contributed by atoms with Gasteiger partial charge in [0.2, 0.25) is 5.88 Å². The number of nitrogens with one attached hydrogen (secondary N) is 1. The molecule has 0 spiro atoms. The van der Waals surface area contributed by atoms with Crippen LogP contribution in [0.1, 0.15) is 42.5 Å². The highest BCUT2D eigenvalue weighted by Crippen LogP contribution is 2.32. The summed E-state index contributed by atoms with van der Waals surface area (Å²) in [7, 11) is 0. The third kappa shape index (κ3) is 3.84. The maximum atomic E-state index is 11.3. The van der Waals surface area contributed by atoms with Crippen molar-refractivity contribution in [1.82, 2.24) is 5.16 Å². The van der Waals surface area contributed by atoms with Gasteiger partial charge in [-0.25, -0.2) is 0 Å². The first-order chi connectivity index (χ1) is 10.0. The molecule has 0 aromatic carbocycles. The number of ketones is 1. The average Bonchev–Trinajstić information content (AvgIpc) is 3.14. The van der Waals surface area contributed by atoms with Crippen molar-refractivity contribution in [3.05, 3.63) is 28.6 Å². The zero-order valence-electron chi connectivity index (χ0n) is 11.6. The first-order valence-corrected chi connectivity index (χ1v) is 6.84. The Balaban J connectivity index is 0.000000161. The van der Waals surface area contributed by atoms with Crippen molar-refractivity contribution < 1.29 is 18.8 Å². The lowest BCUT2D eigenvalue weighted by molar-refractivity contribution is -0.141. The summed E-state index contributed by atoms with van der Waals surface area (Å²) < 4.78 is 9.41. The molecule has 21 heavy (non-hydrogen) atoms. The summed E-state index contributed by atoms with van der Waals surface area (Å²) in [5.41, 5.74) is 4.75. The van der Waals surface area contributed by atoms with E-state index in [0.29, 0.717) is 6.42 Å². The number of aromatic nitrogens is 1. The molecule has 7 heteroatoms. The Morgan fingerprint density at radius 2 is 2.10 bits per heavy atom. The number of carbonyl (C=O) groups is 2. The van der Waals surface area contributed by atoms with E-state index in [4.69, 9.17) is 10.5 Å². The minimum atomic E-state index is -0.524. The topological polar surface area (TPSA) is 115 Å². The second kappa shape index (κ2) is 6.43. The van der Waals surface area contributed by atoms with Gasteiger partial charge in [0.05, 0.1) is 0 Å². The number of hydrogen-bond acceptors (Lipinski definition) is 6. The van der Waals surface area contributed by atoms with Crippen LogP contribution in [-0.4, -0.2) is 23.0 Å². The molecule has 2 aliphatic rings. The van der Waals surface area contributed by atoms with E-state index in [1.807, 2.05) is 5.16 Å². The zero-order chi connectivity index (χ0) is 15.4. The Morgan fingerprint density at radius 1 is 1.38 bits per heavy atom. The molecule has 1 atom stereocenters. The summed E-state index contributed by atoms with van der Waals surface area (Å²) in [5, 5.41) is 2.02. The first kappa shape index (κ1) is 15.1. The smallest absolute Gasteiger partial charge is 0.306 e. The summed E-state index contributed by atoms with van der Waals surface area (Å²) in [6, 6.07) is 0. The van der Waals surface area contributed by atoms with Gasteiger partial charge in [-0.05, 0) is 19.3 Å².